The number of para-hydroxylation sites is 1. The minimum Gasteiger partial charge on any atom is -0.377 e. The largest absolute Gasteiger partial charge is 0.377 e. The average Bonchev–Trinajstić information content (AvgIpc) is 3.07. The molecule has 2 aromatic heterocycles. The van der Waals surface area contributed by atoms with Crippen molar-refractivity contribution in [3.05, 3.63) is 58.8 Å². The predicted molar refractivity (Wildman–Crippen MR) is 77.7 cm³/mol. The van der Waals surface area contributed by atoms with E-state index in [0.717, 1.165) is 23.6 Å². The highest BCUT2D eigenvalue weighted by atomic mass is 32.1. The molecule has 0 bridgehead atoms. The van der Waals surface area contributed by atoms with Crippen molar-refractivity contribution in [2.75, 3.05) is 5.32 Å². The van der Waals surface area contributed by atoms with Crippen LogP contribution < -0.4 is 5.32 Å². The van der Waals surface area contributed by atoms with Crippen LogP contribution in [0.4, 0.5) is 5.69 Å². The van der Waals surface area contributed by atoms with E-state index < -0.39 is 0 Å². The maximum atomic E-state index is 4.43. The van der Waals surface area contributed by atoms with Crippen LogP contribution in [0.25, 0.3) is 5.69 Å². The SMILES string of the molecule is Cc1c(NCc2cncs2)cnn1-c1ccccc1. The smallest absolute Gasteiger partial charge is 0.0794 e. The highest BCUT2D eigenvalue weighted by molar-refractivity contribution is 7.09. The van der Waals surface area contributed by atoms with Crippen molar-refractivity contribution < 1.29 is 0 Å². The van der Waals surface area contributed by atoms with E-state index in [1.165, 1.54) is 4.88 Å². The second-order valence-electron chi connectivity index (χ2n) is 4.21. The second kappa shape index (κ2) is 5.24. The van der Waals surface area contributed by atoms with Gasteiger partial charge in [-0.15, -0.1) is 11.3 Å². The topological polar surface area (TPSA) is 42.7 Å². The van der Waals surface area contributed by atoms with Gasteiger partial charge in [0.2, 0.25) is 0 Å². The second-order valence-corrected chi connectivity index (χ2v) is 5.18. The van der Waals surface area contributed by atoms with Gasteiger partial charge in [-0.1, -0.05) is 18.2 Å². The maximum absolute atomic E-state index is 4.43. The molecule has 0 spiro atoms. The summed E-state index contributed by atoms with van der Waals surface area (Å²) in [5, 5.41) is 7.82. The van der Waals surface area contributed by atoms with Gasteiger partial charge in [0.05, 0.1) is 35.3 Å². The van der Waals surface area contributed by atoms with Crippen LogP contribution in [0.3, 0.4) is 0 Å². The molecule has 19 heavy (non-hydrogen) atoms. The number of hydrogen-bond acceptors (Lipinski definition) is 4. The zero-order valence-electron chi connectivity index (χ0n) is 10.6. The van der Waals surface area contributed by atoms with Gasteiger partial charge in [0, 0.05) is 11.1 Å². The van der Waals surface area contributed by atoms with Gasteiger partial charge in [-0.3, -0.25) is 4.98 Å². The molecule has 2 heterocycles. The Balaban J connectivity index is 1.79. The summed E-state index contributed by atoms with van der Waals surface area (Å²) < 4.78 is 1.94. The number of hydrogen-bond donors (Lipinski definition) is 1. The van der Waals surface area contributed by atoms with Crippen molar-refractivity contribution in [3.63, 3.8) is 0 Å². The van der Waals surface area contributed by atoms with Crippen LogP contribution in [0, 0.1) is 6.92 Å². The molecule has 1 aromatic carbocycles. The van der Waals surface area contributed by atoms with Gasteiger partial charge in [0.15, 0.2) is 0 Å². The Labute approximate surface area is 115 Å². The van der Waals surface area contributed by atoms with Crippen molar-refractivity contribution in [2.24, 2.45) is 0 Å². The summed E-state index contributed by atoms with van der Waals surface area (Å²) in [7, 11) is 0. The number of aromatic nitrogens is 3. The number of thiazole rings is 1. The van der Waals surface area contributed by atoms with Crippen LogP contribution in [0.15, 0.2) is 48.2 Å². The van der Waals surface area contributed by atoms with E-state index in [0.29, 0.717) is 0 Å². The molecule has 0 amide bonds. The summed E-state index contributed by atoms with van der Waals surface area (Å²) >= 11 is 1.65. The molecule has 5 heteroatoms. The van der Waals surface area contributed by atoms with Crippen LogP contribution in [0.5, 0.6) is 0 Å². The Kier molecular flexibility index (Phi) is 3.29. The summed E-state index contributed by atoms with van der Waals surface area (Å²) in [6.45, 7) is 2.85. The van der Waals surface area contributed by atoms with Gasteiger partial charge in [0.25, 0.3) is 0 Å². The van der Waals surface area contributed by atoms with E-state index in [4.69, 9.17) is 0 Å². The first-order valence-corrected chi connectivity index (χ1v) is 6.94. The van der Waals surface area contributed by atoms with E-state index in [9.17, 15) is 0 Å². The van der Waals surface area contributed by atoms with Crippen molar-refractivity contribution in [3.8, 4) is 5.69 Å². The van der Waals surface area contributed by atoms with Crippen LogP contribution in [-0.2, 0) is 6.54 Å². The number of nitrogens with one attached hydrogen (secondary N) is 1. The number of nitrogens with zero attached hydrogens (tertiary/aromatic N) is 3. The van der Waals surface area contributed by atoms with E-state index in [-0.39, 0.29) is 0 Å². The molecule has 0 atom stereocenters. The Bertz CT molecular complexity index is 643. The van der Waals surface area contributed by atoms with Crippen LogP contribution in [-0.4, -0.2) is 14.8 Å². The molecule has 0 fully saturated rings. The molecule has 1 N–H and O–H groups in total. The lowest BCUT2D eigenvalue weighted by atomic mass is 10.3. The van der Waals surface area contributed by atoms with E-state index in [1.54, 1.807) is 11.3 Å². The van der Waals surface area contributed by atoms with E-state index in [2.05, 4.69) is 22.3 Å². The fourth-order valence-corrected chi connectivity index (χ4v) is 2.46. The summed E-state index contributed by atoms with van der Waals surface area (Å²) in [6, 6.07) is 10.1. The third kappa shape index (κ3) is 2.51. The third-order valence-electron chi connectivity index (χ3n) is 2.95. The molecule has 0 aliphatic heterocycles. The molecule has 0 saturated carbocycles. The van der Waals surface area contributed by atoms with Crippen molar-refractivity contribution in [2.45, 2.75) is 13.5 Å². The normalized spacial score (nSPS) is 10.6. The number of anilines is 1. The maximum Gasteiger partial charge on any atom is 0.0794 e. The Hall–Kier alpha value is -2.14. The van der Waals surface area contributed by atoms with Gasteiger partial charge in [-0.25, -0.2) is 4.68 Å². The zero-order valence-corrected chi connectivity index (χ0v) is 11.4. The molecule has 3 aromatic rings. The van der Waals surface area contributed by atoms with Crippen molar-refractivity contribution in [1.29, 1.82) is 0 Å². The van der Waals surface area contributed by atoms with Crippen LogP contribution >= 0.6 is 11.3 Å². The zero-order chi connectivity index (χ0) is 13.1. The fourth-order valence-electron chi connectivity index (χ4n) is 1.92. The average molecular weight is 270 g/mol. The summed E-state index contributed by atoms with van der Waals surface area (Å²) in [5.74, 6) is 0. The molecular weight excluding hydrogens is 256 g/mol. The molecule has 4 nitrogen and oxygen atoms in total. The predicted octanol–water partition coefficient (Wildman–Crippen LogP) is 3.25. The lowest BCUT2D eigenvalue weighted by Crippen LogP contribution is -2.01. The summed E-state index contributed by atoms with van der Waals surface area (Å²) in [6.07, 6.45) is 3.75. The molecule has 96 valence electrons. The molecule has 0 radical (unpaired) electrons. The van der Waals surface area contributed by atoms with Gasteiger partial charge in [0.1, 0.15) is 0 Å². The molecule has 0 saturated heterocycles. The lowest BCUT2D eigenvalue weighted by molar-refractivity contribution is 0.847. The Morgan fingerprint density at radius 3 is 2.79 bits per heavy atom. The van der Waals surface area contributed by atoms with Gasteiger partial charge in [-0.2, -0.15) is 5.10 Å². The first-order chi connectivity index (χ1) is 9.34. The van der Waals surface area contributed by atoms with Crippen molar-refractivity contribution in [1.82, 2.24) is 14.8 Å². The Morgan fingerprint density at radius 1 is 1.21 bits per heavy atom. The summed E-state index contributed by atoms with van der Waals surface area (Å²) in [4.78, 5) is 5.28. The lowest BCUT2D eigenvalue weighted by Gasteiger charge is -2.06. The molecule has 0 aliphatic rings. The standard InChI is InChI=1S/C14H14N4S/c1-11-14(16-8-13-7-15-10-19-13)9-17-18(11)12-5-3-2-4-6-12/h2-7,9-10,16H,8H2,1H3. The quantitative estimate of drug-likeness (QED) is 0.791. The molecule has 0 aliphatic carbocycles. The Morgan fingerprint density at radius 2 is 2.05 bits per heavy atom. The van der Waals surface area contributed by atoms with E-state index in [1.807, 2.05) is 52.9 Å². The highest BCUT2D eigenvalue weighted by Gasteiger charge is 2.07. The van der Waals surface area contributed by atoms with E-state index >= 15 is 0 Å². The van der Waals surface area contributed by atoms with Gasteiger partial charge < -0.3 is 5.32 Å². The van der Waals surface area contributed by atoms with Gasteiger partial charge in [-0.05, 0) is 19.1 Å². The minimum atomic E-state index is 0.784. The first-order valence-electron chi connectivity index (χ1n) is 6.06. The molecular formula is C14H14N4S. The number of benzene rings is 1. The highest BCUT2D eigenvalue weighted by Crippen LogP contribution is 2.19. The molecule has 0 unspecified atom stereocenters. The van der Waals surface area contributed by atoms with Gasteiger partial charge >= 0.3 is 0 Å². The van der Waals surface area contributed by atoms with Crippen molar-refractivity contribution >= 4 is 17.0 Å². The monoisotopic (exact) mass is 270 g/mol. The number of rotatable bonds is 4. The molecule has 3 rings (SSSR count). The fraction of sp³-hybridized carbons (Fsp3) is 0.143. The minimum absolute atomic E-state index is 0.784. The van der Waals surface area contributed by atoms with Crippen LogP contribution in [0.1, 0.15) is 10.6 Å². The third-order valence-corrected chi connectivity index (χ3v) is 3.73. The first kappa shape index (κ1) is 11.9. The van der Waals surface area contributed by atoms with Crippen LogP contribution in [0.2, 0.25) is 0 Å². The summed E-state index contributed by atoms with van der Waals surface area (Å²) in [5.41, 5.74) is 5.08.